The Morgan fingerprint density at radius 3 is 3.06 bits per heavy atom. The molecule has 2 heterocycles. The number of hydrogen-bond acceptors (Lipinski definition) is 3. The Balaban J connectivity index is 1.97. The van der Waals surface area contributed by atoms with Gasteiger partial charge in [0.25, 0.3) is 0 Å². The Labute approximate surface area is 100 Å². The monoisotopic (exact) mass is 231 g/mol. The van der Waals surface area contributed by atoms with Crippen molar-refractivity contribution in [2.75, 3.05) is 0 Å². The van der Waals surface area contributed by atoms with E-state index in [4.69, 9.17) is 4.74 Å². The number of aromatic amines is 1. The standard InChI is InChI=1S/C13H17N3O/c1-8-4-3-5-11(8)17-13-12-9(2)15-16-10(12)6-7-14-13/h6-8,11H,3-5H2,1-2H3,(H,15,16)/t8-,11?/m1/s1. The molecule has 0 radical (unpaired) electrons. The molecule has 17 heavy (non-hydrogen) atoms. The second kappa shape index (κ2) is 4.02. The maximum Gasteiger partial charge on any atom is 0.225 e. The maximum atomic E-state index is 6.07. The van der Waals surface area contributed by atoms with Gasteiger partial charge in [-0.05, 0) is 38.2 Å². The molecule has 1 saturated carbocycles. The summed E-state index contributed by atoms with van der Waals surface area (Å²) in [6.45, 7) is 4.25. The van der Waals surface area contributed by atoms with Crippen LogP contribution >= 0.6 is 0 Å². The minimum absolute atomic E-state index is 0.308. The van der Waals surface area contributed by atoms with Crippen molar-refractivity contribution in [2.24, 2.45) is 5.92 Å². The average molecular weight is 231 g/mol. The summed E-state index contributed by atoms with van der Waals surface area (Å²) in [4.78, 5) is 4.36. The van der Waals surface area contributed by atoms with Gasteiger partial charge in [0.05, 0.1) is 10.9 Å². The molecule has 4 nitrogen and oxygen atoms in total. The molecule has 90 valence electrons. The first kappa shape index (κ1) is 10.6. The number of nitrogens with one attached hydrogen (secondary N) is 1. The fraction of sp³-hybridized carbons (Fsp3) is 0.538. The molecule has 0 aromatic carbocycles. The topological polar surface area (TPSA) is 50.8 Å². The Morgan fingerprint density at radius 2 is 2.29 bits per heavy atom. The van der Waals surface area contributed by atoms with Gasteiger partial charge in [-0.2, -0.15) is 5.10 Å². The molecule has 3 rings (SSSR count). The number of ether oxygens (including phenoxy) is 1. The zero-order chi connectivity index (χ0) is 11.8. The van der Waals surface area contributed by atoms with Gasteiger partial charge in [-0.1, -0.05) is 6.92 Å². The Bertz CT molecular complexity index is 534. The van der Waals surface area contributed by atoms with Crippen LogP contribution in [-0.4, -0.2) is 21.3 Å². The molecule has 1 fully saturated rings. The van der Waals surface area contributed by atoms with Crippen LogP contribution in [0.1, 0.15) is 31.9 Å². The van der Waals surface area contributed by atoms with Crippen molar-refractivity contribution in [3.8, 4) is 5.88 Å². The van der Waals surface area contributed by atoms with Crippen molar-refractivity contribution >= 4 is 10.9 Å². The predicted molar refractivity (Wildman–Crippen MR) is 66.1 cm³/mol. The maximum absolute atomic E-state index is 6.07. The van der Waals surface area contributed by atoms with E-state index < -0.39 is 0 Å². The van der Waals surface area contributed by atoms with E-state index >= 15 is 0 Å². The number of rotatable bonds is 2. The summed E-state index contributed by atoms with van der Waals surface area (Å²) in [5.41, 5.74) is 1.95. The zero-order valence-electron chi connectivity index (χ0n) is 10.2. The van der Waals surface area contributed by atoms with Crippen molar-refractivity contribution in [3.05, 3.63) is 18.0 Å². The second-order valence-corrected chi connectivity index (χ2v) is 4.92. The highest BCUT2D eigenvalue weighted by atomic mass is 16.5. The van der Waals surface area contributed by atoms with Crippen LogP contribution in [0.2, 0.25) is 0 Å². The van der Waals surface area contributed by atoms with Crippen molar-refractivity contribution in [3.63, 3.8) is 0 Å². The van der Waals surface area contributed by atoms with Crippen LogP contribution in [0.15, 0.2) is 12.3 Å². The molecule has 2 atom stereocenters. The number of aryl methyl sites for hydroxylation is 1. The number of H-pyrrole nitrogens is 1. The van der Waals surface area contributed by atoms with Crippen molar-refractivity contribution in [1.82, 2.24) is 15.2 Å². The van der Waals surface area contributed by atoms with Crippen LogP contribution in [0, 0.1) is 12.8 Å². The van der Waals surface area contributed by atoms with E-state index in [0.29, 0.717) is 12.0 Å². The highest BCUT2D eigenvalue weighted by molar-refractivity contribution is 5.85. The number of pyridine rings is 1. The molecule has 1 aliphatic carbocycles. The minimum atomic E-state index is 0.308. The molecule has 1 aliphatic rings. The summed E-state index contributed by atoms with van der Waals surface area (Å²) in [6, 6.07) is 1.91. The van der Waals surface area contributed by atoms with Gasteiger partial charge in [0.15, 0.2) is 0 Å². The third kappa shape index (κ3) is 1.77. The van der Waals surface area contributed by atoms with Crippen molar-refractivity contribution in [2.45, 2.75) is 39.2 Å². The van der Waals surface area contributed by atoms with E-state index in [9.17, 15) is 0 Å². The largest absolute Gasteiger partial charge is 0.474 e. The van der Waals surface area contributed by atoms with Gasteiger partial charge in [0, 0.05) is 11.9 Å². The summed E-state index contributed by atoms with van der Waals surface area (Å²) in [6.07, 6.45) is 5.72. The third-order valence-corrected chi connectivity index (χ3v) is 3.66. The lowest BCUT2D eigenvalue weighted by Crippen LogP contribution is -2.19. The fourth-order valence-corrected chi connectivity index (χ4v) is 2.60. The highest BCUT2D eigenvalue weighted by Crippen LogP contribution is 2.32. The van der Waals surface area contributed by atoms with Gasteiger partial charge in [0.2, 0.25) is 5.88 Å². The molecule has 0 saturated heterocycles. The quantitative estimate of drug-likeness (QED) is 0.864. The van der Waals surface area contributed by atoms with Gasteiger partial charge < -0.3 is 4.74 Å². The summed E-state index contributed by atoms with van der Waals surface area (Å²) in [7, 11) is 0. The summed E-state index contributed by atoms with van der Waals surface area (Å²) in [5, 5.41) is 8.23. The van der Waals surface area contributed by atoms with E-state index in [0.717, 1.165) is 28.9 Å². The molecule has 0 bridgehead atoms. The first-order valence-electron chi connectivity index (χ1n) is 6.22. The summed E-state index contributed by atoms with van der Waals surface area (Å²) >= 11 is 0. The molecule has 0 spiro atoms. The minimum Gasteiger partial charge on any atom is -0.474 e. The van der Waals surface area contributed by atoms with Crippen molar-refractivity contribution < 1.29 is 4.74 Å². The molecule has 0 amide bonds. The Kier molecular flexibility index (Phi) is 2.50. The van der Waals surface area contributed by atoms with Crippen LogP contribution in [0.3, 0.4) is 0 Å². The number of aromatic nitrogens is 3. The molecule has 0 aliphatic heterocycles. The van der Waals surface area contributed by atoms with E-state index in [1.807, 2.05) is 13.0 Å². The van der Waals surface area contributed by atoms with Gasteiger partial charge in [-0.3, -0.25) is 5.10 Å². The predicted octanol–water partition coefficient (Wildman–Crippen LogP) is 2.83. The number of hydrogen-bond donors (Lipinski definition) is 1. The molecule has 4 heteroatoms. The molecule has 1 N–H and O–H groups in total. The Hall–Kier alpha value is -1.58. The fourth-order valence-electron chi connectivity index (χ4n) is 2.60. The van der Waals surface area contributed by atoms with Gasteiger partial charge in [0.1, 0.15) is 6.10 Å². The van der Waals surface area contributed by atoms with Gasteiger partial charge in [-0.15, -0.1) is 0 Å². The van der Waals surface area contributed by atoms with E-state index in [1.54, 1.807) is 6.20 Å². The second-order valence-electron chi connectivity index (χ2n) is 4.92. The first-order chi connectivity index (χ1) is 8.25. The van der Waals surface area contributed by atoms with Crippen LogP contribution in [-0.2, 0) is 0 Å². The van der Waals surface area contributed by atoms with E-state index in [1.165, 1.54) is 12.8 Å². The Morgan fingerprint density at radius 1 is 1.41 bits per heavy atom. The molecule has 2 aromatic rings. The lowest BCUT2D eigenvalue weighted by Gasteiger charge is -2.17. The van der Waals surface area contributed by atoms with Gasteiger partial charge in [-0.25, -0.2) is 4.98 Å². The van der Waals surface area contributed by atoms with Crippen LogP contribution in [0.25, 0.3) is 10.9 Å². The molecule has 2 aromatic heterocycles. The zero-order valence-corrected chi connectivity index (χ0v) is 10.2. The lowest BCUT2D eigenvalue weighted by atomic mass is 10.1. The first-order valence-corrected chi connectivity index (χ1v) is 6.22. The molecule has 1 unspecified atom stereocenters. The van der Waals surface area contributed by atoms with Crippen molar-refractivity contribution in [1.29, 1.82) is 0 Å². The smallest absolute Gasteiger partial charge is 0.225 e. The lowest BCUT2D eigenvalue weighted by molar-refractivity contribution is 0.163. The average Bonchev–Trinajstić information content (AvgIpc) is 2.88. The van der Waals surface area contributed by atoms with Crippen LogP contribution in [0.4, 0.5) is 0 Å². The molecular formula is C13H17N3O. The summed E-state index contributed by atoms with van der Waals surface area (Å²) in [5.74, 6) is 1.35. The van der Waals surface area contributed by atoms with Crippen LogP contribution < -0.4 is 4.74 Å². The molecular weight excluding hydrogens is 214 g/mol. The summed E-state index contributed by atoms with van der Waals surface area (Å²) < 4.78 is 6.07. The number of nitrogens with zero attached hydrogens (tertiary/aromatic N) is 2. The normalized spacial score (nSPS) is 24.4. The third-order valence-electron chi connectivity index (χ3n) is 3.66. The van der Waals surface area contributed by atoms with E-state index in [-0.39, 0.29) is 0 Å². The SMILES string of the molecule is Cc1[nH]nc2ccnc(OC3CCC[C@H]3C)c12. The van der Waals surface area contributed by atoms with E-state index in [2.05, 4.69) is 22.1 Å². The van der Waals surface area contributed by atoms with Crippen LogP contribution in [0.5, 0.6) is 5.88 Å². The highest BCUT2D eigenvalue weighted by Gasteiger charge is 2.26. The number of fused-ring (bicyclic) bond motifs is 1. The van der Waals surface area contributed by atoms with Gasteiger partial charge >= 0.3 is 0 Å².